The molecule has 1 rings (SSSR count). The number of hydrogen-bond donors (Lipinski definition) is 2. The molecule has 1 aromatic carbocycles. The zero-order valence-corrected chi connectivity index (χ0v) is 14.0. The lowest BCUT2D eigenvalue weighted by Crippen LogP contribution is -2.46. The molecule has 0 spiro atoms. The van der Waals surface area contributed by atoms with Crippen molar-refractivity contribution in [2.75, 3.05) is 11.6 Å². The molecule has 0 saturated carbocycles. The molecular weight excluding hydrogens is 304 g/mol. The normalized spacial score (nSPS) is 15.5. The van der Waals surface area contributed by atoms with Gasteiger partial charge in [0.15, 0.2) is 9.84 Å². The van der Waals surface area contributed by atoms with Gasteiger partial charge >= 0.3 is 0 Å². The number of hydrogen-bond acceptors (Lipinski definition) is 4. The van der Waals surface area contributed by atoms with Crippen molar-refractivity contribution in [3.8, 4) is 0 Å². The Kier molecular flexibility index (Phi) is 6.11. The standard InChI is InChI=1S/C15H22N2O4S/c1-10(12(3)22(4,20)21)14(18)16-11(2)15(19)17-13-8-6-5-7-9-13/h5-12H,1-4H3,(H,16,18)(H,17,19). The number of carbonyl (C=O) groups excluding carboxylic acids is 2. The average molecular weight is 326 g/mol. The van der Waals surface area contributed by atoms with Gasteiger partial charge in [-0.25, -0.2) is 8.42 Å². The fourth-order valence-electron chi connectivity index (χ4n) is 1.77. The zero-order valence-electron chi connectivity index (χ0n) is 13.2. The Labute approximate surface area is 131 Å². The number of amides is 2. The lowest BCUT2D eigenvalue weighted by molar-refractivity contribution is -0.128. The van der Waals surface area contributed by atoms with Crippen molar-refractivity contribution < 1.29 is 18.0 Å². The second kappa shape index (κ2) is 7.40. The van der Waals surface area contributed by atoms with Gasteiger partial charge < -0.3 is 10.6 Å². The Morgan fingerprint density at radius 2 is 1.55 bits per heavy atom. The summed E-state index contributed by atoms with van der Waals surface area (Å²) in [7, 11) is -3.31. The van der Waals surface area contributed by atoms with E-state index in [9.17, 15) is 18.0 Å². The van der Waals surface area contributed by atoms with Crippen molar-refractivity contribution in [3.63, 3.8) is 0 Å². The summed E-state index contributed by atoms with van der Waals surface area (Å²) in [4.78, 5) is 24.0. The Morgan fingerprint density at radius 1 is 1.00 bits per heavy atom. The van der Waals surface area contributed by atoms with Crippen LogP contribution < -0.4 is 10.6 Å². The molecule has 0 aliphatic rings. The van der Waals surface area contributed by atoms with Crippen LogP contribution in [0.2, 0.25) is 0 Å². The van der Waals surface area contributed by atoms with E-state index < -0.39 is 33.0 Å². The first-order chi connectivity index (χ1) is 10.1. The molecule has 0 fully saturated rings. The van der Waals surface area contributed by atoms with E-state index >= 15 is 0 Å². The summed E-state index contributed by atoms with van der Waals surface area (Å²) in [5.41, 5.74) is 0.631. The van der Waals surface area contributed by atoms with Gasteiger partial charge in [0.1, 0.15) is 6.04 Å². The van der Waals surface area contributed by atoms with Crippen LogP contribution in [-0.2, 0) is 19.4 Å². The van der Waals surface area contributed by atoms with Gasteiger partial charge in [0.25, 0.3) is 0 Å². The first-order valence-corrected chi connectivity index (χ1v) is 8.93. The maximum atomic E-state index is 12.0. The number of nitrogens with one attached hydrogen (secondary N) is 2. The molecule has 0 saturated heterocycles. The van der Waals surface area contributed by atoms with Crippen molar-refractivity contribution in [1.29, 1.82) is 0 Å². The zero-order chi connectivity index (χ0) is 16.9. The lowest BCUT2D eigenvalue weighted by Gasteiger charge is -2.20. The third kappa shape index (κ3) is 5.14. The summed E-state index contributed by atoms with van der Waals surface area (Å²) in [6.45, 7) is 4.56. The second-order valence-electron chi connectivity index (χ2n) is 5.41. The minimum atomic E-state index is -3.31. The molecule has 0 aliphatic heterocycles. The summed E-state index contributed by atoms with van der Waals surface area (Å²) < 4.78 is 23.0. The molecule has 0 heterocycles. The highest BCUT2D eigenvalue weighted by Crippen LogP contribution is 2.12. The maximum absolute atomic E-state index is 12.0. The Hall–Kier alpha value is -1.89. The fraction of sp³-hybridized carbons (Fsp3) is 0.467. The van der Waals surface area contributed by atoms with Crippen LogP contribution >= 0.6 is 0 Å². The van der Waals surface area contributed by atoms with Crippen molar-refractivity contribution in [1.82, 2.24) is 5.32 Å². The van der Waals surface area contributed by atoms with Gasteiger partial charge in [0.05, 0.1) is 11.2 Å². The molecule has 0 bridgehead atoms. The number of sulfone groups is 1. The smallest absolute Gasteiger partial charge is 0.246 e. The highest BCUT2D eigenvalue weighted by Gasteiger charge is 2.29. The highest BCUT2D eigenvalue weighted by atomic mass is 32.2. The lowest BCUT2D eigenvalue weighted by atomic mass is 10.1. The van der Waals surface area contributed by atoms with Gasteiger partial charge in [-0.15, -0.1) is 0 Å². The van der Waals surface area contributed by atoms with Crippen LogP contribution in [0.1, 0.15) is 20.8 Å². The largest absolute Gasteiger partial charge is 0.344 e. The minimum absolute atomic E-state index is 0.362. The summed E-state index contributed by atoms with van der Waals surface area (Å²) in [6.07, 6.45) is 1.09. The molecular formula is C15H22N2O4S. The van der Waals surface area contributed by atoms with Gasteiger partial charge in [-0.3, -0.25) is 9.59 Å². The summed E-state index contributed by atoms with van der Waals surface area (Å²) >= 11 is 0. The van der Waals surface area contributed by atoms with Crippen molar-refractivity contribution >= 4 is 27.3 Å². The third-order valence-electron chi connectivity index (χ3n) is 3.59. The maximum Gasteiger partial charge on any atom is 0.246 e. The quantitative estimate of drug-likeness (QED) is 0.821. The molecule has 0 radical (unpaired) electrons. The van der Waals surface area contributed by atoms with Gasteiger partial charge in [-0.2, -0.15) is 0 Å². The molecule has 2 amide bonds. The Bertz CT molecular complexity index is 628. The molecule has 22 heavy (non-hydrogen) atoms. The van der Waals surface area contributed by atoms with Crippen LogP contribution in [0, 0.1) is 5.92 Å². The van der Waals surface area contributed by atoms with Crippen molar-refractivity contribution in [3.05, 3.63) is 30.3 Å². The average Bonchev–Trinajstić information content (AvgIpc) is 2.45. The topological polar surface area (TPSA) is 92.3 Å². The van der Waals surface area contributed by atoms with Crippen molar-refractivity contribution in [2.24, 2.45) is 5.92 Å². The molecule has 7 heteroatoms. The molecule has 0 aromatic heterocycles. The number of carbonyl (C=O) groups is 2. The molecule has 1 aromatic rings. The van der Waals surface area contributed by atoms with E-state index in [0.29, 0.717) is 5.69 Å². The van der Waals surface area contributed by atoms with Gasteiger partial charge in [-0.1, -0.05) is 25.1 Å². The van der Waals surface area contributed by atoms with Crippen LogP contribution in [0.25, 0.3) is 0 Å². The van der Waals surface area contributed by atoms with E-state index in [0.717, 1.165) is 6.26 Å². The summed E-state index contributed by atoms with van der Waals surface area (Å²) in [5, 5.41) is 4.40. The summed E-state index contributed by atoms with van der Waals surface area (Å²) in [5.74, 6) is -1.56. The number of anilines is 1. The van der Waals surface area contributed by atoms with Crippen molar-refractivity contribution in [2.45, 2.75) is 32.1 Å². The molecule has 3 atom stereocenters. The first-order valence-electron chi connectivity index (χ1n) is 6.98. The SMILES string of the molecule is CC(NC(=O)C(C)C(C)S(C)(=O)=O)C(=O)Nc1ccccc1. The molecule has 0 aliphatic carbocycles. The molecule has 2 N–H and O–H groups in total. The second-order valence-corrected chi connectivity index (χ2v) is 7.81. The highest BCUT2D eigenvalue weighted by molar-refractivity contribution is 7.91. The number of rotatable bonds is 6. The third-order valence-corrected chi connectivity index (χ3v) is 5.35. The Morgan fingerprint density at radius 3 is 2.05 bits per heavy atom. The van der Waals surface area contributed by atoms with E-state index in [1.54, 1.807) is 31.2 Å². The fourth-order valence-corrected chi connectivity index (χ4v) is 2.63. The predicted octanol–water partition coefficient (Wildman–Crippen LogP) is 1.20. The summed E-state index contributed by atoms with van der Waals surface area (Å²) in [6, 6.07) is 8.11. The first kappa shape index (κ1) is 18.2. The monoisotopic (exact) mass is 326 g/mol. The van der Waals surface area contributed by atoms with Gasteiger partial charge in [-0.05, 0) is 26.0 Å². The van der Waals surface area contributed by atoms with E-state index in [2.05, 4.69) is 10.6 Å². The molecule has 122 valence electrons. The van der Waals surface area contributed by atoms with E-state index in [1.165, 1.54) is 13.8 Å². The Balaban J connectivity index is 2.62. The van der Waals surface area contributed by atoms with Crippen LogP contribution in [0.3, 0.4) is 0 Å². The predicted molar refractivity (Wildman–Crippen MR) is 86.1 cm³/mol. The minimum Gasteiger partial charge on any atom is -0.344 e. The van der Waals surface area contributed by atoms with Crippen LogP contribution in [0.4, 0.5) is 5.69 Å². The number of para-hydroxylation sites is 1. The van der Waals surface area contributed by atoms with Gasteiger partial charge in [0, 0.05) is 11.9 Å². The van der Waals surface area contributed by atoms with Gasteiger partial charge in [0.2, 0.25) is 11.8 Å². The molecule has 3 unspecified atom stereocenters. The van der Waals surface area contributed by atoms with Crippen LogP contribution in [-0.4, -0.2) is 37.8 Å². The van der Waals surface area contributed by atoms with Crippen LogP contribution in [0.5, 0.6) is 0 Å². The number of benzene rings is 1. The van der Waals surface area contributed by atoms with E-state index in [-0.39, 0.29) is 5.91 Å². The van der Waals surface area contributed by atoms with E-state index in [1.807, 2.05) is 6.07 Å². The van der Waals surface area contributed by atoms with Crippen LogP contribution in [0.15, 0.2) is 30.3 Å². The van der Waals surface area contributed by atoms with E-state index in [4.69, 9.17) is 0 Å². The molecule has 6 nitrogen and oxygen atoms in total.